The van der Waals surface area contributed by atoms with Crippen molar-refractivity contribution in [1.82, 2.24) is 9.55 Å². The molecule has 3 heteroatoms. The molecule has 50 heavy (non-hydrogen) atoms. The molecule has 6 aromatic carbocycles. The fourth-order valence-electron chi connectivity index (χ4n) is 7.32. The Labute approximate surface area is 292 Å². The predicted octanol–water partition coefficient (Wildman–Crippen LogP) is 11.9. The molecule has 0 bridgehead atoms. The van der Waals surface area contributed by atoms with Crippen molar-refractivity contribution in [2.45, 2.75) is 13.0 Å². The molecule has 0 aliphatic carbocycles. The molecule has 0 atom stereocenters. The van der Waals surface area contributed by atoms with Crippen LogP contribution in [0.3, 0.4) is 0 Å². The summed E-state index contributed by atoms with van der Waals surface area (Å²) in [7, 11) is 0. The van der Waals surface area contributed by atoms with Crippen LogP contribution in [0.4, 0.5) is 5.69 Å². The lowest BCUT2D eigenvalue weighted by atomic mass is 9.94. The monoisotopic (exact) mass is 641 g/mol. The van der Waals surface area contributed by atoms with Gasteiger partial charge in [-0.1, -0.05) is 146 Å². The molecule has 0 fully saturated rings. The van der Waals surface area contributed by atoms with Gasteiger partial charge < -0.3 is 9.88 Å². The molecule has 9 rings (SSSR count). The summed E-state index contributed by atoms with van der Waals surface area (Å²) in [4.78, 5) is 5.28. The molecule has 1 aliphatic rings. The van der Waals surface area contributed by atoms with E-state index in [9.17, 15) is 0 Å². The third-order valence-corrected chi connectivity index (χ3v) is 9.72. The third-order valence-electron chi connectivity index (χ3n) is 9.72. The van der Waals surface area contributed by atoms with Gasteiger partial charge >= 0.3 is 0 Å². The summed E-state index contributed by atoms with van der Waals surface area (Å²) in [6, 6.07) is 60.5. The zero-order valence-electron chi connectivity index (χ0n) is 27.6. The van der Waals surface area contributed by atoms with Crippen molar-refractivity contribution in [3.8, 4) is 50.5 Å². The van der Waals surface area contributed by atoms with Gasteiger partial charge in [-0.2, -0.15) is 0 Å². The molecule has 0 spiro atoms. The SMILES string of the molecule is C1=Cc2c(n(-c3cccc(-c4cc(-c5ccccc5)nc(-c5ccccc5-c5ccccc5)c4)c3)c3ccccc23)CNc2ccccc2C1. The molecule has 0 amide bonds. The normalized spacial score (nSPS) is 12.3. The number of hydrogen-bond donors (Lipinski definition) is 1. The second-order valence-electron chi connectivity index (χ2n) is 12.8. The predicted molar refractivity (Wildman–Crippen MR) is 209 cm³/mol. The molecule has 2 aromatic heterocycles. The lowest BCUT2D eigenvalue weighted by Crippen LogP contribution is -2.08. The minimum Gasteiger partial charge on any atom is -0.379 e. The van der Waals surface area contributed by atoms with E-state index in [0.29, 0.717) is 6.54 Å². The van der Waals surface area contributed by atoms with E-state index in [2.05, 4.69) is 192 Å². The Balaban J connectivity index is 1.21. The Kier molecular flexibility index (Phi) is 7.64. The first-order chi connectivity index (χ1) is 24.8. The highest BCUT2D eigenvalue weighted by molar-refractivity contribution is 5.93. The minimum atomic E-state index is 0.712. The molecule has 1 aliphatic heterocycles. The van der Waals surface area contributed by atoms with Crippen LogP contribution in [0.2, 0.25) is 0 Å². The average molecular weight is 642 g/mol. The molecule has 238 valence electrons. The molecule has 8 aromatic rings. The summed E-state index contributed by atoms with van der Waals surface area (Å²) < 4.78 is 2.43. The second-order valence-corrected chi connectivity index (χ2v) is 12.8. The van der Waals surface area contributed by atoms with Crippen LogP contribution in [0.5, 0.6) is 0 Å². The zero-order chi connectivity index (χ0) is 33.3. The first kappa shape index (κ1) is 29.7. The number of nitrogens with one attached hydrogen (secondary N) is 1. The highest BCUT2D eigenvalue weighted by Gasteiger charge is 2.19. The zero-order valence-corrected chi connectivity index (χ0v) is 27.6. The Morgan fingerprint density at radius 2 is 1.20 bits per heavy atom. The number of fused-ring (bicyclic) bond motifs is 4. The van der Waals surface area contributed by atoms with Gasteiger partial charge in [0.15, 0.2) is 0 Å². The van der Waals surface area contributed by atoms with Crippen molar-refractivity contribution in [3.05, 3.63) is 193 Å². The summed E-state index contributed by atoms with van der Waals surface area (Å²) in [5, 5.41) is 5.04. The fraction of sp³-hybridized carbons (Fsp3) is 0.0426. The van der Waals surface area contributed by atoms with Gasteiger partial charge in [-0.05, 0) is 70.6 Å². The van der Waals surface area contributed by atoms with E-state index in [1.54, 1.807) is 0 Å². The lowest BCUT2D eigenvalue weighted by molar-refractivity contribution is 0.964. The molecular formula is C47H35N3. The van der Waals surface area contributed by atoms with Crippen molar-refractivity contribution < 1.29 is 0 Å². The van der Waals surface area contributed by atoms with E-state index in [1.807, 2.05) is 0 Å². The van der Waals surface area contributed by atoms with Crippen LogP contribution >= 0.6 is 0 Å². The molecule has 3 heterocycles. The van der Waals surface area contributed by atoms with E-state index >= 15 is 0 Å². The van der Waals surface area contributed by atoms with Crippen molar-refractivity contribution >= 4 is 22.7 Å². The largest absolute Gasteiger partial charge is 0.379 e. The Hall–Kier alpha value is -6.45. The first-order valence-corrected chi connectivity index (χ1v) is 17.2. The van der Waals surface area contributed by atoms with Gasteiger partial charge in [0.2, 0.25) is 0 Å². The highest BCUT2D eigenvalue weighted by atomic mass is 15.0. The van der Waals surface area contributed by atoms with Gasteiger partial charge in [-0.15, -0.1) is 0 Å². The van der Waals surface area contributed by atoms with Crippen LogP contribution in [-0.4, -0.2) is 9.55 Å². The van der Waals surface area contributed by atoms with Crippen LogP contribution in [-0.2, 0) is 13.0 Å². The quantitative estimate of drug-likeness (QED) is 0.203. The maximum absolute atomic E-state index is 5.28. The third kappa shape index (κ3) is 5.49. The van der Waals surface area contributed by atoms with Gasteiger partial charge in [-0.25, -0.2) is 4.98 Å². The second kappa shape index (κ2) is 12.9. The Morgan fingerprint density at radius 1 is 0.520 bits per heavy atom. The van der Waals surface area contributed by atoms with Gasteiger partial charge in [0.25, 0.3) is 0 Å². The Morgan fingerprint density at radius 3 is 2.06 bits per heavy atom. The number of nitrogens with zero attached hydrogens (tertiary/aromatic N) is 2. The lowest BCUT2D eigenvalue weighted by Gasteiger charge is -2.16. The average Bonchev–Trinajstić information content (AvgIpc) is 3.54. The fourth-order valence-corrected chi connectivity index (χ4v) is 7.32. The van der Waals surface area contributed by atoms with Crippen LogP contribution in [0.1, 0.15) is 16.8 Å². The summed E-state index contributed by atoms with van der Waals surface area (Å²) in [6.45, 7) is 0.712. The van der Waals surface area contributed by atoms with Gasteiger partial charge in [0.05, 0.1) is 29.1 Å². The van der Waals surface area contributed by atoms with E-state index in [-0.39, 0.29) is 0 Å². The van der Waals surface area contributed by atoms with Gasteiger partial charge in [-0.3, -0.25) is 0 Å². The molecule has 0 unspecified atom stereocenters. The van der Waals surface area contributed by atoms with E-state index in [0.717, 1.165) is 45.7 Å². The van der Waals surface area contributed by atoms with Crippen molar-refractivity contribution in [2.75, 3.05) is 5.32 Å². The first-order valence-electron chi connectivity index (χ1n) is 17.2. The molecule has 1 N–H and O–H groups in total. The molecule has 0 saturated carbocycles. The summed E-state index contributed by atoms with van der Waals surface area (Å²) in [6.07, 6.45) is 5.50. The summed E-state index contributed by atoms with van der Waals surface area (Å²) >= 11 is 0. The number of para-hydroxylation sites is 2. The molecule has 3 nitrogen and oxygen atoms in total. The van der Waals surface area contributed by atoms with E-state index in [1.165, 1.54) is 44.5 Å². The van der Waals surface area contributed by atoms with Crippen LogP contribution < -0.4 is 5.32 Å². The number of allylic oxidation sites excluding steroid dienone is 1. The molecule has 0 saturated heterocycles. The summed E-state index contributed by atoms with van der Waals surface area (Å²) in [5.41, 5.74) is 16.1. The van der Waals surface area contributed by atoms with Crippen molar-refractivity contribution in [1.29, 1.82) is 0 Å². The number of anilines is 1. The topological polar surface area (TPSA) is 29.9 Å². The smallest absolute Gasteiger partial charge is 0.0721 e. The number of pyridine rings is 1. The van der Waals surface area contributed by atoms with Crippen LogP contribution in [0.25, 0.3) is 67.4 Å². The maximum Gasteiger partial charge on any atom is 0.0721 e. The standard InChI is InChI=1S/C47H35N3/c1-3-15-33(16-4-1)39-23-8-9-24-40(39)45-31-37(30-44(49-45)35-17-5-2-6-18-35)36-21-13-22-38(29-36)50-46-28-12-10-25-41(46)42-26-14-20-34-19-7-11-27-43(34)48-32-47(42)50/h1-19,21-31,48H,20,32H2. The molecular weight excluding hydrogens is 607 g/mol. The van der Waals surface area contributed by atoms with Crippen molar-refractivity contribution in [2.24, 2.45) is 0 Å². The minimum absolute atomic E-state index is 0.712. The Bertz CT molecular complexity index is 2510. The van der Waals surface area contributed by atoms with E-state index < -0.39 is 0 Å². The van der Waals surface area contributed by atoms with Crippen molar-refractivity contribution in [3.63, 3.8) is 0 Å². The van der Waals surface area contributed by atoms with Gasteiger partial charge in [0.1, 0.15) is 0 Å². The van der Waals surface area contributed by atoms with E-state index in [4.69, 9.17) is 4.98 Å². The van der Waals surface area contributed by atoms with Gasteiger partial charge in [0, 0.05) is 33.5 Å². The number of benzene rings is 6. The number of rotatable bonds is 5. The summed E-state index contributed by atoms with van der Waals surface area (Å²) in [5.74, 6) is 0. The van der Waals surface area contributed by atoms with Crippen LogP contribution in [0, 0.1) is 0 Å². The maximum atomic E-state index is 5.28. The van der Waals surface area contributed by atoms with Crippen LogP contribution in [0.15, 0.2) is 176 Å². The number of hydrogen-bond acceptors (Lipinski definition) is 2. The highest BCUT2D eigenvalue weighted by Crippen LogP contribution is 2.37. The number of aromatic nitrogens is 2. The molecule has 0 radical (unpaired) electrons.